The fourth-order valence-corrected chi connectivity index (χ4v) is 1.67. The number of ether oxygens (including phenoxy) is 2. The maximum absolute atomic E-state index is 9.97. The summed E-state index contributed by atoms with van der Waals surface area (Å²) < 4.78 is 10.2. The molecule has 1 aromatic heterocycles. The molecule has 0 bridgehead atoms. The molecule has 18 heavy (non-hydrogen) atoms. The van der Waals surface area contributed by atoms with Crippen molar-refractivity contribution in [3.05, 3.63) is 17.7 Å². The molecule has 102 valence electrons. The van der Waals surface area contributed by atoms with Crippen LogP contribution in [0.5, 0.6) is 11.8 Å². The molecule has 0 aliphatic carbocycles. The van der Waals surface area contributed by atoms with Crippen LogP contribution >= 0.6 is 0 Å². The fraction of sp³-hybridized carbons (Fsp3) is 0.583. The van der Waals surface area contributed by atoms with Crippen LogP contribution in [0.25, 0.3) is 0 Å². The minimum absolute atomic E-state index is 0.135. The van der Waals surface area contributed by atoms with Crippen LogP contribution in [0.15, 0.2) is 12.1 Å². The fourth-order valence-electron chi connectivity index (χ4n) is 1.67. The van der Waals surface area contributed by atoms with Crippen LogP contribution in [0.1, 0.15) is 5.56 Å². The number of nitrogens with zero attached hydrogens (tertiary/aromatic N) is 1. The van der Waals surface area contributed by atoms with Gasteiger partial charge in [0, 0.05) is 18.1 Å². The van der Waals surface area contributed by atoms with Gasteiger partial charge in [-0.3, -0.25) is 0 Å². The van der Waals surface area contributed by atoms with Crippen molar-refractivity contribution in [3.63, 3.8) is 0 Å². The van der Waals surface area contributed by atoms with E-state index in [4.69, 9.17) is 14.6 Å². The molecule has 1 unspecified atom stereocenters. The number of likely N-dealkylation sites (N-methyl/N-ethyl adjacent to an activating group) is 1. The number of pyridine rings is 1. The molecule has 1 aromatic rings. The van der Waals surface area contributed by atoms with E-state index in [0.29, 0.717) is 18.2 Å². The van der Waals surface area contributed by atoms with E-state index in [9.17, 15) is 5.11 Å². The first-order valence-corrected chi connectivity index (χ1v) is 5.70. The second kappa shape index (κ2) is 7.15. The van der Waals surface area contributed by atoms with Gasteiger partial charge in [-0.15, -0.1) is 0 Å². The van der Waals surface area contributed by atoms with Crippen LogP contribution < -0.4 is 14.8 Å². The number of aromatic nitrogens is 1. The largest absolute Gasteiger partial charge is 0.481 e. The summed E-state index contributed by atoms with van der Waals surface area (Å²) in [5, 5.41) is 21.9. The van der Waals surface area contributed by atoms with Crippen LogP contribution in [0.2, 0.25) is 0 Å². The van der Waals surface area contributed by atoms with Crippen LogP contribution in [0.4, 0.5) is 0 Å². The molecule has 0 spiro atoms. The molecule has 0 saturated carbocycles. The molecule has 0 aromatic carbocycles. The smallest absolute Gasteiger partial charge is 0.219 e. The molecule has 1 rings (SSSR count). The van der Waals surface area contributed by atoms with E-state index in [0.717, 1.165) is 5.56 Å². The number of hydrogen-bond donors (Lipinski definition) is 3. The number of aliphatic hydroxyl groups is 2. The normalized spacial score (nSPS) is 14.1. The summed E-state index contributed by atoms with van der Waals surface area (Å²) in [6, 6.07) is 3.12. The SMILES string of the molecule is CNC(CO)[C@@H](O)Cc1ccc(OC)nc1OC. The van der Waals surface area contributed by atoms with Crippen molar-refractivity contribution in [2.24, 2.45) is 0 Å². The molecular formula is C12H20N2O4. The second-order valence-electron chi connectivity index (χ2n) is 3.87. The predicted molar refractivity (Wildman–Crippen MR) is 67.0 cm³/mol. The van der Waals surface area contributed by atoms with Crippen LogP contribution in [-0.2, 0) is 6.42 Å². The Morgan fingerprint density at radius 1 is 1.33 bits per heavy atom. The lowest BCUT2D eigenvalue weighted by Crippen LogP contribution is -2.41. The maximum Gasteiger partial charge on any atom is 0.219 e. The lowest BCUT2D eigenvalue weighted by Gasteiger charge is -2.21. The summed E-state index contributed by atoms with van der Waals surface area (Å²) in [5.41, 5.74) is 0.763. The van der Waals surface area contributed by atoms with Crippen molar-refractivity contribution in [1.82, 2.24) is 10.3 Å². The van der Waals surface area contributed by atoms with E-state index in [-0.39, 0.29) is 12.6 Å². The highest BCUT2D eigenvalue weighted by molar-refractivity contribution is 5.31. The van der Waals surface area contributed by atoms with Gasteiger partial charge in [0.25, 0.3) is 0 Å². The van der Waals surface area contributed by atoms with Crippen LogP contribution in [0, 0.1) is 0 Å². The van der Waals surface area contributed by atoms with E-state index in [2.05, 4.69) is 10.3 Å². The third-order valence-electron chi connectivity index (χ3n) is 2.78. The Hall–Kier alpha value is -1.37. The quantitative estimate of drug-likeness (QED) is 0.614. The minimum atomic E-state index is -0.718. The average molecular weight is 256 g/mol. The highest BCUT2D eigenvalue weighted by Crippen LogP contribution is 2.21. The van der Waals surface area contributed by atoms with E-state index < -0.39 is 6.10 Å². The highest BCUT2D eigenvalue weighted by Gasteiger charge is 2.19. The monoisotopic (exact) mass is 256 g/mol. The minimum Gasteiger partial charge on any atom is -0.481 e. The van der Waals surface area contributed by atoms with Gasteiger partial charge in [-0.25, -0.2) is 0 Å². The Morgan fingerprint density at radius 3 is 2.56 bits per heavy atom. The molecule has 0 aliphatic rings. The zero-order valence-electron chi connectivity index (χ0n) is 10.9. The van der Waals surface area contributed by atoms with Crippen molar-refractivity contribution in [3.8, 4) is 11.8 Å². The molecule has 2 atom stereocenters. The van der Waals surface area contributed by atoms with Crippen molar-refractivity contribution < 1.29 is 19.7 Å². The van der Waals surface area contributed by atoms with Crippen LogP contribution in [0.3, 0.4) is 0 Å². The highest BCUT2D eigenvalue weighted by atomic mass is 16.5. The van der Waals surface area contributed by atoms with Crippen molar-refractivity contribution in [1.29, 1.82) is 0 Å². The zero-order valence-corrected chi connectivity index (χ0v) is 10.9. The molecule has 0 radical (unpaired) electrons. The van der Waals surface area contributed by atoms with Crippen LogP contribution in [-0.4, -0.2) is 55.2 Å². The summed E-state index contributed by atoms with van der Waals surface area (Å²) >= 11 is 0. The molecule has 6 nitrogen and oxygen atoms in total. The van der Waals surface area contributed by atoms with Gasteiger partial charge in [0.1, 0.15) is 0 Å². The molecule has 1 heterocycles. The number of methoxy groups -OCH3 is 2. The molecule has 0 amide bonds. The molecule has 0 saturated heterocycles. The summed E-state index contributed by atoms with van der Waals surface area (Å²) in [5.74, 6) is 0.874. The summed E-state index contributed by atoms with van der Waals surface area (Å²) in [4.78, 5) is 4.14. The number of aliphatic hydroxyl groups excluding tert-OH is 2. The standard InChI is InChI=1S/C12H20N2O4/c1-13-9(7-15)10(16)6-8-4-5-11(17-2)14-12(8)18-3/h4-5,9-10,13,15-16H,6-7H2,1-3H3/t9?,10-/m0/s1. The molecule has 3 N–H and O–H groups in total. The van der Waals surface area contributed by atoms with Gasteiger partial charge >= 0.3 is 0 Å². The topological polar surface area (TPSA) is 83.8 Å². The van der Waals surface area contributed by atoms with Gasteiger partial charge < -0.3 is 25.0 Å². The Labute approximate surface area is 107 Å². The lowest BCUT2D eigenvalue weighted by atomic mass is 10.0. The van der Waals surface area contributed by atoms with E-state index in [1.807, 2.05) is 0 Å². The molecule has 0 aliphatic heterocycles. The summed E-state index contributed by atoms with van der Waals surface area (Å²) in [6.07, 6.45) is -0.379. The first-order valence-electron chi connectivity index (χ1n) is 5.70. The van der Waals surface area contributed by atoms with Crippen molar-refractivity contribution in [2.75, 3.05) is 27.9 Å². The predicted octanol–water partition coefficient (Wildman–Crippen LogP) is -0.418. The first-order chi connectivity index (χ1) is 8.65. The van der Waals surface area contributed by atoms with Crippen molar-refractivity contribution >= 4 is 0 Å². The molecule has 0 fully saturated rings. The molecular weight excluding hydrogens is 236 g/mol. The average Bonchev–Trinajstić information content (AvgIpc) is 2.40. The van der Waals surface area contributed by atoms with E-state index in [1.165, 1.54) is 14.2 Å². The Morgan fingerprint density at radius 2 is 2.06 bits per heavy atom. The zero-order chi connectivity index (χ0) is 13.5. The summed E-state index contributed by atoms with van der Waals surface area (Å²) in [7, 11) is 4.73. The van der Waals surface area contributed by atoms with Crippen molar-refractivity contribution in [2.45, 2.75) is 18.6 Å². The number of rotatable bonds is 7. The third kappa shape index (κ3) is 3.56. The summed E-state index contributed by atoms with van der Waals surface area (Å²) in [6.45, 7) is -0.135. The van der Waals surface area contributed by atoms with Gasteiger partial charge in [0.2, 0.25) is 11.8 Å². The van der Waals surface area contributed by atoms with E-state index >= 15 is 0 Å². The Kier molecular flexibility index (Phi) is 5.84. The van der Waals surface area contributed by atoms with Gasteiger partial charge in [-0.05, 0) is 13.1 Å². The Bertz CT molecular complexity index is 369. The Balaban J connectivity index is 2.83. The van der Waals surface area contributed by atoms with Gasteiger partial charge in [0.15, 0.2) is 0 Å². The van der Waals surface area contributed by atoms with E-state index in [1.54, 1.807) is 19.2 Å². The molecule has 6 heteroatoms. The second-order valence-corrected chi connectivity index (χ2v) is 3.87. The van der Waals surface area contributed by atoms with Gasteiger partial charge in [-0.2, -0.15) is 4.98 Å². The maximum atomic E-state index is 9.97. The lowest BCUT2D eigenvalue weighted by molar-refractivity contribution is 0.0935. The first kappa shape index (κ1) is 14.7. The van der Waals surface area contributed by atoms with Gasteiger partial charge in [0.05, 0.1) is 33.0 Å². The number of hydrogen-bond acceptors (Lipinski definition) is 6. The third-order valence-corrected chi connectivity index (χ3v) is 2.78. The van der Waals surface area contributed by atoms with Gasteiger partial charge in [-0.1, -0.05) is 0 Å². The number of nitrogens with one attached hydrogen (secondary N) is 1.